The minimum absolute atomic E-state index is 0.0514. The molecule has 1 fully saturated rings. The number of nitrogens with zero attached hydrogens (tertiary/aromatic N) is 1. The van der Waals surface area contributed by atoms with E-state index in [1.165, 1.54) is 0 Å². The Kier molecular flexibility index (Phi) is 4.58. The average molecular weight is 212 g/mol. The Hall–Kier alpha value is -0.570. The number of carbonyl (C=O) groups excluding carboxylic acids is 1. The topological polar surface area (TPSA) is 32.3 Å². The maximum Gasteiger partial charge on any atom is 0.241 e. The van der Waals surface area contributed by atoms with Gasteiger partial charge in [-0.3, -0.25) is 10.1 Å². The maximum absolute atomic E-state index is 12.1. The molecule has 15 heavy (non-hydrogen) atoms. The van der Waals surface area contributed by atoms with Crippen molar-refractivity contribution in [1.29, 1.82) is 0 Å². The predicted molar refractivity (Wildman–Crippen MR) is 62.5 cm³/mol. The van der Waals surface area contributed by atoms with Gasteiger partial charge in [0.15, 0.2) is 0 Å². The van der Waals surface area contributed by atoms with Crippen LogP contribution < -0.4 is 5.32 Å². The summed E-state index contributed by atoms with van der Waals surface area (Å²) in [6, 6.07) is 0.411. The summed E-state index contributed by atoms with van der Waals surface area (Å²) in [5.41, 5.74) is 0. The highest BCUT2D eigenvalue weighted by atomic mass is 16.2. The molecule has 3 unspecified atom stereocenters. The third-order valence-corrected chi connectivity index (χ3v) is 3.32. The Balaban J connectivity index is 2.73. The standard InChI is InChI=1S/C12H24N2O/c1-5-8-11-13-10(7-3)12(15)14(11)9(4)6-2/h9-11,13H,5-8H2,1-4H3. The molecule has 3 nitrogen and oxygen atoms in total. The van der Waals surface area contributed by atoms with E-state index in [0.29, 0.717) is 11.9 Å². The monoisotopic (exact) mass is 212 g/mol. The van der Waals surface area contributed by atoms with Crippen LogP contribution in [0.5, 0.6) is 0 Å². The van der Waals surface area contributed by atoms with Crippen molar-refractivity contribution in [3.8, 4) is 0 Å². The van der Waals surface area contributed by atoms with Gasteiger partial charge in [0.25, 0.3) is 0 Å². The third-order valence-electron chi connectivity index (χ3n) is 3.32. The Morgan fingerprint density at radius 3 is 2.53 bits per heavy atom. The van der Waals surface area contributed by atoms with Gasteiger partial charge in [-0.15, -0.1) is 0 Å². The summed E-state index contributed by atoms with van der Waals surface area (Å²) in [5, 5.41) is 3.43. The van der Waals surface area contributed by atoms with E-state index in [1.54, 1.807) is 0 Å². The first-order chi connectivity index (χ1) is 7.15. The van der Waals surface area contributed by atoms with Gasteiger partial charge in [-0.1, -0.05) is 27.2 Å². The Labute approximate surface area is 93.2 Å². The summed E-state index contributed by atoms with van der Waals surface area (Å²) in [4.78, 5) is 14.1. The van der Waals surface area contributed by atoms with Crippen molar-refractivity contribution in [2.75, 3.05) is 0 Å². The highest BCUT2D eigenvalue weighted by molar-refractivity contribution is 5.84. The van der Waals surface area contributed by atoms with E-state index >= 15 is 0 Å². The SMILES string of the molecule is CCCC1NC(CC)C(=O)N1C(C)CC. The number of hydrogen-bond acceptors (Lipinski definition) is 2. The van der Waals surface area contributed by atoms with Gasteiger partial charge >= 0.3 is 0 Å². The van der Waals surface area contributed by atoms with Crippen LogP contribution in [0.2, 0.25) is 0 Å². The Bertz CT molecular complexity index is 218. The van der Waals surface area contributed by atoms with Gasteiger partial charge in [0.2, 0.25) is 5.91 Å². The summed E-state index contributed by atoms with van der Waals surface area (Å²) in [7, 11) is 0. The van der Waals surface area contributed by atoms with Crippen LogP contribution >= 0.6 is 0 Å². The molecule has 0 aromatic rings. The van der Waals surface area contributed by atoms with Gasteiger partial charge in [-0.05, 0) is 26.2 Å². The minimum atomic E-state index is 0.0514. The summed E-state index contributed by atoms with van der Waals surface area (Å²) < 4.78 is 0. The van der Waals surface area contributed by atoms with E-state index in [-0.39, 0.29) is 12.2 Å². The van der Waals surface area contributed by atoms with Crippen molar-refractivity contribution in [2.24, 2.45) is 0 Å². The van der Waals surface area contributed by atoms with Crippen LogP contribution in [0.25, 0.3) is 0 Å². The summed E-state index contributed by atoms with van der Waals surface area (Å²) in [6.45, 7) is 8.51. The molecule has 0 radical (unpaired) electrons. The van der Waals surface area contributed by atoms with Crippen LogP contribution in [0.4, 0.5) is 0 Å². The van der Waals surface area contributed by atoms with Crippen molar-refractivity contribution < 1.29 is 4.79 Å². The lowest BCUT2D eigenvalue weighted by Gasteiger charge is -2.29. The van der Waals surface area contributed by atoms with Gasteiger partial charge < -0.3 is 4.90 Å². The molecule has 1 amide bonds. The Morgan fingerprint density at radius 1 is 1.40 bits per heavy atom. The molecule has 3 heteroatoms. The normalized spacial score (nSPS) is 28.5. The van der Waals surface area contributed by atoms with E-state index in [9.17, 15) is 4.79 Å². The summed E-state index contributed by atoms with van der Waals surface area (Å²) in [5.74, 6) is 0.297. The summed E-state index contributed by atoms with van der Waals surface area (Å²) >= 11 is 0. The van der Waals surface area contributed by atoms with Crippen LogP contribution in [-0.4, -0.2) is 29.1 Å². The molecular weight excluding hydrogens is 188 g/mol. The van der Waals surface area contributed by atoms with Gasteiger partial charge in [-0.2, -0.15) is 0 Å². The lowest BCUT2D eigenvalue weighted by atomic mass is 10.1. The zero-order chi connectivity index (χ0) is 11.4. The fourth-order valence-electron chi connectivity index (χ4n) is 2.23. The quantitative estimate of drug-likeness (QED) is 0.757. The molecule has 3 atom stereocenters. The smallest absolute Gasteiger partial charge is 0.241 e. The van der Waals surface area contributed by atoms with Gasteiger partial charge in [0.1, 0.15) is 0 Å². The fourth-order valence-corrected chi connectivity index (χ4v) is 2.23. The van der Waals surface area contributed by atoms with E-state index in [4.69, 9.17) is 0 Å². The second-order valence-electron chi connectivity index (χ2n) is 4.43. The largest absolute Gasteiger partial charge is 0.323 e. The number of hydrogen-bond donors (Lipinski definition) is 1. The molecule has 0 spiro atoms. The zero-order valence-electron chi connectivity index (χ0n) is 10.4. The molecule has 1 heterocycles. The number of rotatable bonds is 5. The van der Waals surface area contributed by atoms with Crippen LogP contribution in [0.1, 0.15) is 53.4 Å². The van der Waals surface area contributed by atoms with E-state index in [0.717, 1.165) is 25.7 Å². The van der Waals surface area contributed by atoms with Crippen molar-refractivity contribution in [1.82, 2.24) is 10.2 Å². The van der Waals surface area contributed by atoms with Crippen molar-refractivity contribution in [2.45, 2.75) is 71.6 Å². The summed E-state index contributed by atoms with van der Waals surface area (Å²) in [6.07, 6.45) is 4.37. The number of nitrogens with one attached hydrogen (secondary N) is 1. The van der Waals surface area contributed by atoms with Gasteiger partial charge in [0.05, 0.1) is 12.2 Å². The Morgan fingerprint density at radius 2 is 2.07 bits per heavy atom. The fraction of sp³-hybridized carbons (Fsp3) is 0.917. The van der Waals surface area contributed by atoms with E-state index in [2.05, 4.69) is 37.9 Å². The van der Waals surface area contributed by atoms with Crippen LogP contribution in [0.3, 0.4) is 0 Å². The minimum Gasteiger partial charge on any atom is -0.323 e. The first-order valence-corrected chi connectivity index (χ1v) is 6.23. The molecule has 1 aliphatic rings. The highest BCUT2D eigenvalue weighted by Crippen LogP contribution is 2.21. The van der Waals surface area contributed by atoms with Crippen LogP contribution in [-0.2, 0) is 4.79 Å². The maximum atomic E-state index is 12.1. The van der Waals surface area contributed by atoms with Gasteiger partial charge in [-0.25, -0.2) is 0 Å². The molecule has 0 aromatic heterocycles. The lowest BCUT2D eigenvalue weighted by molar-refractivity contribution is -0.132. The number of carbonyl (C=O) groups is 1. The molecule has 1 saturated heterocycles. The van der Waals surface area contributed by atoms with Crippen LogP contribution in [0, 0.1) is 0 Å². The second kappa shape index (κ2) is 5.50. The van der Waals surface area contributed by atoms with E-state index in [1.807, 2.05) is 0 Å². The van der Waals surface area contributed by atoms with Crippen LogP contribution in [0.15, 0.2) is 0 Å². The number of amides is 1. The van der Waals surface area contributed by atoms with E-state index < -0.39 is 0 Å². The van der Waals surface area contributed by atoms with Crippen molar-refractivity contribution in [3.05, 3.63) is 0 Å². The lowest BCUT2D eigenvalue weighted by Crippen LogP contribution is -2.42. The first-order valence-electron chi connectivity index (χ1n) is 6.23. The molecule has 0 aromatic carbocycles. The molecule has 1 aliphatic heterocycles. The molecule has 88 valence electrons. The second-order valence-corrected chi connectivity index (χ2v) is 4.43. The average Bonchev–Trinajstić information content (AvgIpc) is 2.55. The van der Waals surface area contributed by atoms with Crippen molar-refractivity contribution >= 4 is 5.91 Å². The molecule has 1 rings (SSSR count). The first kappa shape index (κ1) is 12.5. The van der Waals surface area contributed by atoms with Crippen molar-refractivity contribution in [3.63, 3.8) is 0 Å². The molecular formula is C12H24N2O. The molecule has 0 saturated carbocycles. The van der Waals surface area contributed by atoms with Gasteiger partial charge in [0, 0.05) is 6.04 Å². The molecule has 1 N–H and O–H groups in total. The zero-order valence-corrected chi connectivity index (χ0v) is 10.4. The highest BCUT2D eigenvalue weighted by Gasteiger charge is 2.38. The molecule has 0 aliphatic carbocycles. The third kappa shape index (κ3) is 2.51. The molecule has 0 bridgehead atoms. The predicted octanol–water partition coefficient (Wildman–Crippen LogP) is 2.12.